The van der Waals surface area contributed by atoms with Crippen molar-refractivity contribution >= 4 is 27.0 Å². The molecule has 0 radical (unpaired) electrons. The van der Waals surface area contributed by atoms with E-state index in [2.05, 4.69) is 19.9 Å². The van der Waals surface area contributed by atoms with Crippen molar-refractivity contribution in [2.24, 2.45) is 0 Å². The molecule has 0 saturated heterocycles. The van der Waals surface area contributed by atoms with Crippen LogP contribution in [0.15, 0.2) is 29.3 Å². The van der Waals surface area contributed by atoms with Crippen LogP contribution in [0.2, 0.25) is 0 Å². The van der Waals surface area contributed by atoms with Crippen LogP contribution in [0.3, 0.4) is 0 Å². The van der Waals surface area contributed by atoms with Crippen LogP contribution in [-0.2, 0) is 47.3 Å². The van der Waals surface area contributed by atoms with Gasteiger partial charge in [0.1, 0.15) is 11.6 Å². The number of amides is 1. The zero-order chi connectivity index (χ0) is 24.3. The molecule has 184 valence electrons. The third kappa shape index (κ3) is 4.88. The summed E-state index contributed by atoms with van der Waals surface area (Å²) in [6, 6.07) is 5.09. The summed E-state index contributed by atoms with van der Waals surface area (Å²) in [7, 11) is -3.55. The van der Waals surface area contributed by atoms with E-state index in [1.54, 1.807) is 12.1 Å². The Labute approximate surface area is 201 Å². The molecule has 1 aliphatic heterocycles. The number of nitrogens with zero attached hydrogens (tertiary/aromatic N) is 5. The fraction of sp³-hybridized carbons (Fsp3) is 0.542. The van der Waals surface area contributed by atoms with E-state index in [9.17, 15) is 13.2 Å². The number of fused-ring (bicyclic) bond motifs is 2. The number of aryl methyl sites for hydroxylation is 4. The Bertz CT molecular complexity index is 1250. The van der Waals surface area contributed by atoms with Gasteiger partial charge in [0.25, 0.3) is 0 Å². The van der Waals surface area contributed by atoms with Crippen molar-refractivity contribution in [2.75, 3.05) is 13.1 Å². The molecule has 0 saturated carbocycles. The van der Waals surface area contributed by atoms with E-state index in [1.165, 1.54) is 17.1 Å². The van der Waals surface area contributed by atoms with Gasteiger partial charge in [-0.1, -0.05) is 13.8 Å². The van der Waals surface area contributed by atoms with Gasteiger partial charge in [-0.25, -0.2) is 18.4 Å². The summed E-state index contributed by atoms with van der Waals surface area (Å²) in [4.78, 5) is 22.1. The van der Waals surface area contributed by atoms with Crippen LogP contribution >= 0.6 is 0 Å². The smallest absolute Gasteiger partial charge is 0.243 e. The first-order valence-electron chi connectivity index (χ1n) is 12.2. The van der Waals surface area contributed by atoms with Crippen LogP contribution in [0, 0.1) is 0 Å². The second-order valence-electron chi connectivity index (χ2n) is 8.59. The first-order chi connectivity index (χ1) is 16.4. The quantitative estimate of drug-likeness (QED) is 0.475. The highest BCUT2D eigenvalue weighted by atomic mass is 32.2. The Hall–Kier alpha value is -2.72. The highest BCUT2D eigenvalue weighted by Crippen LogP contribution is 2.23. The number of rotatable bonds is 10. The molecule has 1 aliphatic rings. The molecule has 9 nitrogen and oxygen atoms in total. The lowest BCUT2D eigenvalue weighted by Gasteiger charge is -2.18. The predicted molar refractivity (Wildman–Crippen MR) is 131 cm³/mol. The average Bonchev–Trinajstić information content (AvgIpc) is 3.41. The largest absolute Gasteiger partial charge is 0.350 e. The minimum absolute atomic E-state index is 0.0505. The summed E-state index contributed by atoms with van der Waals surface area (Å²) in [6.45, 7) is 8.63. The van der Waals surface area contributed by atoms with Crippen LogP contribution in [0.4, 0.5) is 0 Å². The topological polar surface area (TPSA) is 102 Å². The Morgan fingerprint density at radius 3 is 2.65 bits per heavy atom. The Balaban J connectivity index is 1.44. The van der Waals surface area contributed by atoms with Gasteiger partial charge in [0.15, 0.2) is 0 Å². The minimum atomic E-state index is -3.55. The lowest BCUT2D eigenvalue weighted by atomic mass is 10.2. The Kier molecular flexibility index (Phi) is 7.37. The Morgan fingerprint density at radius 1 is 1.15 bits per heavy atom. The van der Waals surface area contributed by atoms with Gasteiger partial charge in [0, 0.05) is 51.6 Å². The number of imidazole rings is 2. The van der Waals surface area contributed by atoms with Gasteiger partial charge in [-0.2, -0.15) is 4.31 Å². The number of carbonyl (C=O) groups is 1. The monoisotopic (exact) mass is 486 g/mol. The molecule has 2 aromatic heterocycles. The molecular formula is C24H34N6O3S. The standard InChI is InChI=1S/C24H34N6O3S/c1-4-29(5-2)34(32,33)19-10-11-21-20(15-19)27-23(30(21)6-3)12-13-24(31)25-16-18-17-28-14-8-7-9-22(28)26-18/h10-11,15,17H,4-9,12-14,16H2,1-3H3,(H,25,31). The van der Waals surface area contributed by atoms with E-state index in [4.69, 9.17) is 0 Å². The van der Waals surface area contributed by atoms with Crippen LogP contribution in [0.1, 0.15) is 57.4 Å². The van der Waals surface area contributed by atoms with Crippen molar-refractivity contribution in [1.29, 1.82) is 0 Å². The molecule has 0 fully saturated rings. The number of nitrogens with one attached hydrogen (secondary N) is 1. The van der Waals surface area contributed by atoms with Crippen molar-refractivity contribution in [1.82, 2.24) is 28.7 Å². The molecular weight excluding hydrogens is 452 g/mol. The molecule has 1 amide bonds. The van der Waals surface area contributed by atoms with E-state index >= 15 is 0 Å². The Morgan fingerprint density at radius 2 is 1.94 bits per heavy atom. The van der Waals surface area contributed by atoms with Crippen molar-refractivity contribution in [3.05, 3.63) is 41.7 Å². The summed E-state index contributed by atoms with van der Waals surface area (Å²) in [5.41, 5.74) is 2.40. The van der Waals surface area contributed by atoms with Gasteiger partial charge in [-0.05, 0) is 38.0 Å². The van der Waals surface area contributed by atoms with Crippen LogP contribution < -0.4 is 5.32 Å². The summed E-state index contributed by atoms with van der Waals surface area (Å²) in [6.07, 6.45) is 6.17. The zero-order valence-corrected chi connectivity index (χ0v) is 21.1. The first kappa shape index (κ1) is 24.4. The molecule has 0 spiro atoms. The summed E-state index contributed by atoms with van der Waals surface area (Å²) in [5.74, 6) is 1.84. The molecule has 4 rings (SSSR count). The van der Waals surface area contributed by atoms with Gasteiger partial charge in [-0.15, -0.1) is 0 Å². The summed E-state index contributed by atoms with van der Waals surface area (Å²) >= 11 is 0. The van der Waals surface area contributed by atoms with Crippen LogP contribution in [0.5, 0.6) is 0 Å². The normalized spacial score (nSPS) is 14.0. The van der Waals surface area contributed by atoms with Crippen molar-refractivity contribution < 1.29 is 13.2 Å². The molecule has 3 heterocycles. The summed E-state index contributed by atoms with van der Waals surface area (Å²) < 4.78 is 31.5. The van der Waals surface area contributed by atoms with E-state index in [0.717, 1.165) is 35.8 Å². The first-order valence-corrected chi connectivity index (χ1v) is 13.6. The third-order valence-electron chi connectivity index (χ3n) is 6.46. The molecule has 0 atom stereocenters. The molecule has 1 aromatic carbocycles. The van der Waals surface area contributed by atoms with Gasteiger partial charge in [0.2, 0.25) is 15.9 Å². The van der Waals surface area contributed by atoms with E-state index in [-0.39, 0.29) is 10.8 Å². The van der Waals surface area contributed by atoms with Crippen molar-refractivity contribution in [2.45, 2.75) is 77.4 Å². The number of benzene rings is 1. The van der Waals surface area contributed by atoms with E-state index in [0.29, 0.717) is 44.5 Å². The lowest BCUT2D eigenvalue weighted by molar-refractivity contribution is -0.121. The fourth-order valence-corrected chi connectivity index (χ4v) is 6.11. The SMILES string of the molecule is CCN(CC)S(=O)(=O)c1ccc2c(c1)nc(CCC(=O)NCc1cn3c(n1)CCCC3)n2CC. The number of aromatic nitrogens is 4. The number of carbonyl (C=O) groups excluding carboxylic acids is 1. The summed E-state index contributed by atoms with van der Waals surface area (Å²) in [5, 5.41) is 2.97. The van der Waals surface area contributed by atoms with Gasteiger partial charge >= 0.3 is 0 Å². The van der Waals surface area contributed by atoms with E-state index < -0.39 is 10.0 Å². The third-order valence-corrected chi connectivity index (χ3v) is 8.50. The zero-order valence-electron chi connectivity index (χ0n) is 20.2. The maximum absolute atomic E-state index is 12.9. The maximum atomic E-state index is 12.9. The molecule has 1 N–H and O–H groups in total. The van der Waals surface area contributed by atoms with Crippen LogP contribution in [-0.4, -0.2) is 50.8 Å². The molecule has 3 aromatic rings. The predicted octanol–water partition coefficient (Wildman–Crippen LogP) is 2.87. The highest BCUT2D eigenvalue weighted by molar-refractivity contribution is 7.89. The van der Waals surface area contributed by atoms with E-state index in [1.807, 2.05) is 37.6 Å². The lowest BCUT2D eigenvalue weighted by Crippen LogP contribution is -2.30. The number of sulfonamides is 1. The second kappa shape index (κ2) is 10.3. The molecule has 34 heavy (non-hydrogen) atoms. The molecule has 0 aliphatic carbocycles. The molecule has 0 bridgehead atoms. The van der Waals surface area contributed by atoms with Gasteiger partial charge in [-0.3, -0.25) is 4.79 Å². The molecule has 0 unspecified atom stereocenters. The van der Waals surface area contributed by atoms with Crippen molar-refractivity contribution in [3.8, 4) is 0 Å². The average molecular weight is 487 g/mol. The maximum Gasteiger partial charge on any atom is 0.243 e. The number of hydrogen-bond acceptors (Lipinski definition) is 5. The van der Waals surface area contributed by atoms with Crippen molar-refractivity contribution in [3.63, 3.8) is 0 Å². The van der Waals surface area contributed by atoms with Crippen LogP contribution in [0.25, 0.3) is 11.0 Å². The highest BCUT2D eigenvalue weighted by Gasteiger charge is 2.23. The molecule has 10 heteroatoms. The minimum Gasteiger partial charge on any atom is -0.350 e. The fourth-order valence-electron chi connectivity index (χ4n) is 4.64. The van der Waals surface area contributed by atoms with Gasteiger partial charge in [0.05, 0.1) is 28.2 Å². The number of hydrogen-bond donors (Lipinski definition) is 1. The second-order valence-corrected chi connectivity index (χ2v) is 10.5. The van der Waals surface area contributed by atoms with Gasteiger partial charge < -0.3 is 14.5 Å².